The minimum absolute atomic E-state index is 0. The van der Waals surface area contributed by atoms with Crippen LogP contribution in [-0.4, -0.2) is 25.2 Å². The fourth-order valence-electron chi connectivity index (χ4n) is 3.68. The van der Waals surface area contributed by atoms with Gasteiger partial charge >= 0.3 is 0 Å². The van der Waals surface area contributed by atoms with Crippen LogP contribution in [0.2, 0.25) is 0 Å². The molecule has 0 bridgehead atoms. The molecule has 2 atom stereocenters. The first-order valence-corrected chi connectivity index (χ1v) is 9.02. The molecule has 2 aliphatic rings. The number of carbonyl (C=O) groups excluding carboxylic acids is 1. The van der Waals surface area contributed by atoms with E-state index >= 15 is 0 Å². The first kappa shape index (κ1) is 19.9. The van der Waals surface area contributed by atoms with Crippen LogP contribution >= 0.6 is 12.4 Å². The number of carbonyl (C=O) groups is 1. The standard InChI is InChI=1S/C19H28N2O3.ClH/c1-23-17-9-7-14(18(11-17)24-16-4-2-3-5-16)12-21-19(22)13-6-8-15(20)10-13;/h7,9,11,13,15-16H,2-6,8,10,12,20H2,1H3,(H,21,22);1H. The van der Waals surface area contributed by atoms with E-state index in [-0.39, 0.29) is 36.4 Å². The number of hydrogen-bond acceptors (Lipinski definition) is 4. The topological polar surface area (TPSA) is 73.6 Å². The van der Waals surface area contributed by atoms with Crippen LogP contribution < -0.4 is 20.5 Å². The maximum Gasteiger partial charge on any atom is 0.223 e. The summed E-state index contributed by atoms with van der Waals surface area (Å²) >= 11 is 0. The molecule has 0 radical (unpaired) electrons. The number of hydrogen-bond donors (Lipinski definition) is 2. The molecule has 3 rings (SSSR count). The van der Waals surface area contributed by atoms with Gasteiger partial charge in [0.1, 0.15) is 11.5 Å². The van der Waals surface area contributed by atoms with Gasteiger partial charge in [-0.2, -0.15) is 0 Å². The van der Waals surface area contributed by atoms with Crippen LogP contribution in [0.3, 0.4) is 0 Å². The molecule has 5 nitrogen and oxygen atoms in total. The summed E-state index contributed by atoms with van der Waals surface area (Å²) in [5, 5.41) is 3.05. The molecule has 1 aromatic rings. The molecule has 0 spiro atoms. The van der Waals surface area contributed by atoms with Gasteiger partial charge in [0.2, 0.25) is 5.91 Å². The summed E-state index contributed by atoms with van der Waals surface area (Å²) in [6.07, 6.45) is 7.55. The number of halogens is 1. The molecule has 25 heavy (non-hydrogen) atoms. The number of nitrogens with one attached hydrogen (secondary N) is 1. The summed E-state index contributed by atoms with van der Waals surface area (Å²) in [4.78, 5) is 12.3. The van der Waals surface area contributed by atoms with Crippen molar-refractivity contribution in [1.29, 1.82) is 0 Å². The lowest BCUT2D eigenvalue weighted by Crippen LogP contribution is -2.30. The highest BCUT2D eigenvalue weighted by molar-refractivity contribution is 5.85. The van der Waals surface area contributed by atoms with E-state index in [4.69, 9.17) is 15.2 Å². The van der Waals surface area contributed by atoms with Crippen molar-refractivity contribution in [3.63, 3.8) is 0 Å². The van der Waals surface area contributed by atoms with Gasteiger partial charge in [-0.3, -0.25) is 4.79 Å². The van der Waals surface area contributed by atoms with Crippen molar-refractivity contribution in [2.45, 2.75) is 63.6 Å². The second-order valence-electron chi connectivity index (χ2n) is 6.99. The van der Waals surface area contributed by atoms with E-state index in [2.05, 4.69) is 5.32 Å². The van der Waals surface area contributed by atoms with Crippen LogP contribution in [0.15, 0.2) is 18.2 Å². The van der Waals surface area contributed by atoms with Gasteiger partial charge in [0.25, 0.3) is 0 Å². The normalized spacial score (nSPS) is 23.1. The zero-order valence-corrected chi connectivity index (χ0v) is 15.6. The van der Waals surface area contributed by atoms with E-state index in [1.165, 1.54) is 12.8 Å². The molecule has 0 saturated heterocycles. The number of ether oxygens (including phenoxy) is 2. The third-order valence-corrected chi connectivity index (χ3v) is 5.17. The molecule has 140 valence electrons. The van der Waals surface area contributed by atoms with Crippen LogP contribution in [-0.2, 0) is 11.3 Å². The third-order valence-electron chi connectivity index (χ3n) is 5.17. The molecule has 0 aliphatic heterocycles. The van der Waals surface area contributed by atoms with Gasteiger partial charge in [-0.05, 0) is 57.1 Å². The van der Waals surface area contributed by atoms with Crippen molar-refractivity contribution in [2.75, 3.05) is 7.11 Å². The van der Waals surface area contributed by atoms with E-state index in [9.17, 15) is 4.79 Å². The maximum absolute atomic E-state index is 12.3. The lowest BCUT2D eigenvalue weighted by Gasteiger charge is -2.18. The van der Waals surface area contributed by atoms with Gasteiger partial charge in [-0.15, -0.1) is 12.4 Å². The summed E-state index contributed by atoms with van der Waals surface area (Å²) < 4.78 is 11.5. The van der Waals surface area contributed by atoms with E-state index in [1.807, 2.05) is 18.2 Å². The van der Waals surface area contributed by atoms with Crippen LogP contribution in [0.4, 0.5) is 0 Å². The van der Waals surface area contributed by atoms with Gasteiger partial charge in [0.05, 0.1) is 13.2 Å². The Labute approximate surface area is 156 Å². The van der Waals surface area contributed by atoms with Gasteiger partial charge in [-0.25, -0.2) is 0 Å². The first-order chi connectivity index (χ1) is 11.7. The highest BCUT2D eigenvalue weighted by Crippen LogP contribution is 2.30. The van der Waals surface area contributed by atoms with Crippen molar-refractivity contribution in [3.8, 4) is 11.5 Å². The molecule has 0 aromatic heterocycles. The Bertz CT molecular complexity index is 576. The maximum atomic E-state index is 12.3. The molecule has 2 saturated carbocycles. The molecule has 1 amide bonds. The van der Waals surface area contributed by atoms with Gasteiger partial charge < -0.3 is 20.5 Å². The molecule has 1 aromatic carbocycles. The Morgan fingerprint density at radius 2 is 2.00 bits per heavy atom. The smallest absolute Gasteiger partial charge is 0.223 e. The Balaban J connectivity index is 0.00000225. The van der Waals surface area contributed by atoms with Crippen molar-refractivity contribution in [2.24, 2.45) is 11.7 Å². The highest BCUT2D eigenvalue weighted by Gasteiger charge is 2.27. The molecule has 6 heteroatoms. The van der Waals surface area contributed by atoms with Crippen molar-refractivity contribution < 1.29 is 14.3 Å². The van der Waals surface area contributed by atoms with Gasteiger partial charge in [0.15, 0.2) is 0 Å². The Hall–Kier alpha value is -1.46. The largest absolute Gasteiger partial charge is 0.497 e. The summed E-state index contributed by atoms with van der Waals surface area (Å²) in [5.74, 6) is 1.76. The minimum atomic E-state index is 0. The SMILES string of the molecule is COc1ccc(CNC(=O)C2CCC(N)C2)c(OC2CCCC2)c1.Cl. The van der Waals surface area contributed by atoms with E-state index < -0.39 is 0 Å². The van der Waals surface area contributed by atoms with Crippen molar-refractivity contribution >= 4 is 18.3 Å². The summed E-state index contributed by atoms with van der Waals surface area (Å²) in [7, 11) is 1.65. The van der Waals surface area contributed by atoms with Gasteiger partial charge in [0, 0.05) is 30.1 Å². The fourth-order valence-corrected chi connectivity index (χ4v) is 3.68. The number of rotatable bonds is 6. The van der Waals surface area contributed by atoms with Gasteiger partial charge in [-0.1, -0.05) is 0 Å². The molecule has 3 N–H and O–H groups in total. The van der Waals surface area contributed by atoms with E-state index in [0.717, 1.165) is 49.2 Å². The predicted molar refractivity (Wildman–Crippen MR) is 100 cm³/mol. The number of amides is 1. The molecule has 0 heterocycles. The van der Waals surface area contributed by atoms with Crippen molar-refractivity contribution in [1.82, 2.24) is 5.32 Å². The second kappa shape index (κ2) is 9.30. The Kier molecular flexibility index (Phi) is 7.38. The van der Waals surface area contributed by atoms with Crippen molar-refractivity contribution in [3.05, 3.63) is 23.8 Å². The zero-order valence-electron chi connectivity index (χ0n) is 14.8. The summed E-state index contributed by atoms with van der Waals surface area (Å²) in [5.41, 5.74) is 6.90. The quantitative estimate of drug-likeness (QED) is 0.808. The number of nitrogens with two attached hydrogens (primary N) is 1. The zero-order chi connectivity index (χ0) is 16.9. The molecular weight excluding hydrogens is 340 g/mol. The summed E-state index contributed by atoms with van der Waals surface area (Å²) in [6, 6.07) is 5.98. The molecule has 2 fully saturated rings. The minimum Gasteiger partial charge on any atom is -0.497 e. The second-order valence-corrected chi connectivity index (χ2v) is 6.99. The number of methoxy groups -OCH3 is 1. The first-order valence-electron chi connectivity index (χ1n) is 9.02. The van der Waals surface area contributed by atoms with E-state index in [0.29, 0.717) is 6.54 Å². The average molecular weight is 369 g/mol. The molecule has 2 unspecified atom stereocenters. The Morgan fingerprint density at radius 1 is 1.24 bits per heavy atom. The monoisotopic (exact) mass is 368 g/mol. The number of benzene rings is 1. The lowest BCUT2D eigenvalue weighted by atomic mass is 10.1. The van der Waals surface area contributed by atoms with Crippen LogP contribution in [0.5, 0.6) is 11.5 Å². The molecule has 2 aliphatic carbocycles. The third kappa shape index (κ3) is 5.25. The lowest BCUT2D eigenvalue weighted by molar-refractivity contribution is -0.125. The van der Waals surface area contributed by atoms with Crippen LogP contribution in [0.1, 0.15) is 50.5 Å². The fraction of sp³-hybridized carbons (Fsp3) is 0.632. The van der Waals surface area contributed by atoms with Crippen LogP contribution in [0, 0.1) is 5.92 Å². The molecular formula is C19H29ClN2O3. The predicted octanol–water partition coefficient (Wildman–Crippen LogP) is 3.18. The van der Waals surface area contributed by atoms with Crippen LogP contribution in [0.25, 0.3) is 0 Å². The van der Waals surface area contributed by atoms with E-state index in [1.54, 1.807) is 7.11 Å². The summed E-state index contributed by atoms with van der Waals surface area (Å²) in [6.45, 7) is 0.483. The Morgan fingerprint density at radius 3 is 2.64 bits per heavy atom. The average Bonchev–Trinajstić information content (AvgIpc) is 3.25. The highest BCUT2D eigenvalue weighted by atomic mass is 35.5.